The van der Waals surface area contributed by atoms with Crippen LogP contribution in [0.4, 0.5) is 0 Å². The van der Waals surface area contributed by atoms with Crippen molar-refractivity contribution in [3.05, 3.63) is 114 Å². The van der Waals surface area contributed by atoms with Crippen LogP contribution in [0.1, 0.15) is 59.9 Å². The molecule has 0 bridgehead atoms. The lowest BCUT2D eigenvalue weighted by molar-refractivity contribution is 0.0941. The Morgan fingerprint density at radius 3 is 2.62 bits per heavy atom. The summed E-state index contributed by atoms with van der Waals surface area (Å²) in [6, 6.07) is 25.9. The van der Waals surface area contributed by atoms with Crippen LogP contribution in [0.15, 0.2) is 91.3 Å². The topological polar surface area (TPSA) is 75.9 Å². The van der Waals surface area contributed by atoms with E-state index in [0.29, 0.717) is 23.1 Å². The Hall–Kier alpha value is -4.36. The van der Waals surface area contributed by atoms with E-state index >= 15 is 0 Å². The third-order valence-electron chi connectivity index (χ3n) is 7.05. The van der Waals surface area contributed by atoms with Gasteiger partial charge in [-0.05, 0) is 62.3 Å². The highest BCUT2D eigenvalue weighted by Crippen LogP contribution is 2.26. The average molecular weight is 533 g/mol. The Morgan fingerprint density at radius 2 is 1.85 bits per heavy atom. The number of amides is 1. The molecule has 1 atom stereocenters. The molecule has 0 saturated heterocycles. The molecule has 0 aliphatic carbocycles. The molecule has 3 heterocycles. The number of hydrogen-bond donors (Lipinski definition) is 1. The summed E-state index contributed by atoms with van der Waals surface area (Å²) in [6.45, 7) is 6.62. The summed E-state index contributed by atoms with van der Waals surface area (Å²) in [5.41, 5.74) is 5.93. The van der Waals surface area contributed by atoms with Crippen molar-refractivity contribution in [3.63, 3.8) is 0 Å². The molecule has 2 aromatic carbocycles. The van der Waals surface area contributed by atoms with Crippen LogP contribution in [0.25, 0.3) is 22.3 Å². The fourth-order valence-corrected chi connectivity index (χ4v) is 4.87. The van der Waals surface area contributed by atoms with Gasteiger partial charge >= 0.3 is 0 Å². The van der Waals surface area contributed by atoms with E-state index < -0.39 is 0 Å². The first-order valence-electron chi connectivity index (χ1n) is 13.9. The Kier molecular flexibility index (Phi) is 8.62. The standard InChI is InChI=1S/C33H36N6O/c1-4-5-18-38(3)21-25-12-11-15-27(19-25)31-20-29(33(40)35-24(2)26-13-7-6-8-14-26)30-23-39(37-32(30)36-31)22-28-16-9-10-17-34-28/h6-17,19-20,23-24H,4-5,18,21-22H2,1-3H3,(H,35,40)/t24-/m0/s1. The number of nitrogens with one attached hydrogen (secondary N) is 1. The van der Waals surface area contributed by atoms with E-state index in [1.165, 1.54) is 18.4 Å². The van der Waals surface area contributed by atoms with E-state index in [0.717, 1.165) is 35.6 Å². The van der Waals surface area contributed by atoms with Gasteiger partial charge in [0.05, 0.1) is 34.9 Å². The summed E-state index contributed by atoms with van der Waals surface area (Å²) in [4.78, 5) is 25.4. The predicted molar refractivity (Wildman–Crippen MR) is 160 cm³/mol. The number of rotatable bonds is 11. The van der Waals surface area contributed by atoms with Gasteiger partial charge in [0.25, 0.3) is 5.91 Å². The molecule has 0 aliphatic rings. The van der Waals surface area contributed by atoms with Gasteiger partial charge in [0, 0.05) is 24.5 Å². The van der Waals surface area contributed by atoms with Gasteiger partial charge < -0.3 is 10.2 Å². The van der Waals surface area contributed by atoms with Crippen LogP contribution in [0.3, 0.4) is 0 Å². The maximum Gasteiger partial charge on any atom is 0.252 e. The minimum absolute atomic E-state index is 0.147. The van der Waals surface area contributed by atoms with Crippen LogP contribution in [-0.2, 0) is 13.1 Å². The van der Waals surface area contributed by atoms with Gasteiger partial charge in [-0.3, -0.25) is 14.5 Å². The molecule has 0 radical (unpaired) electrons. The molecule has 1 N–H and O–H groups in total. The van der Waals surface area contributed by atoms with Gasteiger partial charge in [-0.1, -0.05) is 67.9 Å². The lowest BCUT2D eigenvalue weighted by Crippen LogP contribution is -2.26. The van der Waals surface area contributed by atoms with E-state index in [4.69, 9.17) is 10.1 Å². The molecular formula is C33H36N6O. The van der Waals surface area contributed by atoms with Crippen LogP contribution >= 0.6 is 0 Å². The van der Waals surface area contributed by atoms with E-state index in [2.05, 4.69) is 47.4 Å². The smallest absolute Gasteiger partial charge is 0.252 e. The van der Waals surface area contributed by atoms with Crippen molar-refractivity contribution in [3.8, 4) is 11.3 Å². The van der Waals surface area contributed by atoms with E-state index in [9.17, 15) is 4.79 Å². The van der Waals surface area contributed by atoms with Crippen LogP contribution in [0.5, 0.6) is 0 Å². The molecule has 5 rings (SSSR count). The zero-order valence-corrected chi connectivity index (χ0v) is 23.4. The normalized spacial score (nSPS) is 12.1. The molecule has 0 fully saturated rings. The van der Waals surface area contributed by atoms with Gasteiger partial charge in [0.1, 0.15) is 0 Å². The van der Waals surface area contributed by atoms with Crippen molar-refractivity contribution in [2.75, 3.05) is 13.6 Å². The highest BCUT2D eigenvalue weighted by atomic mass is 16.1. The predicted octanol–water partition coefficient (Wildman–Crippen LogP) is 6.26. The summed E-state index contributed by atoms with van der Waals surface area (Å²) in [7, 11) is 2.15. The molecular weight excluding hydrogens is 496 g/mol. The molecule has 40 heavy (non-hydrogen) atoms. The first kappa shape index (κ1) is 27.2. The van der Waals surface area contributed by atoms with Gasteiger partial charge in [0.15, 0.2) is 5.65 Å². The third kappa shape index (κ3) is 6.61. The number of aromatic nitrogens is 4. The minimum Gasteiger partial charge on any atom is -0.345 e. The molecule has 7 nitrogen and oxygen atoms in total. The first-order chi connectivity index (χ1) is 19.5. The molecule has 5 aromatic rings. The second-order valence-electron chi connectivity index (χ2n) is 10.3. The number of carbonyl (C=O) groups is 1. The number of carbonyl (C=O) groups excluding carboxylic acids is 1. The second-order valence-corrected chi connectivity index (χ2v) is 10.3. The molecule has 7 heteroatoms. The first-order valence-corrected chi connectivity index (χ1v) is 13.9. The number of nitrogens with zero attached hydrogens (tertiary/aromatic N) is 5. The number of benzene rings is 2. The van der Waals surface area contributed by atoms with Gasteiger partial charge in [-0.25, -0.2) is 4.98 Å². The minimum atomic E-state index is -0.155. The molecule has 0 aliphatic heterocycles. The number of pyridine rings is 2. The van der Waals surface area contributed by atoms with Gasteiger partial charge in [-0.2, -0.15) is 5.10 Å². The van der Waals surface area contributed by atoms with E-state index in [-0.39, 0.29) is 11.9 Å². The summed E-state index contributed by atoms with van der Waals surface area (Å²) in [6.07, 6.45) is 6.01. The van der Waals surface area contributed by atoms with E-state index in [1.54, 1.807) is 10.9 Å². The quantitative estimate of drug-likeness (QED) is 0.217. The van der Waals surface area contributed by atoms with Crippen molar-refractivity contribution in [1.82, 2.24) is 30.0 Å². The highest BCUT2D eigenvalue weighted by molar-refractivity contribution is 6.06. The largest absolute Gasteiger partial charge is 0.345 e. The van der Waals surface area contributed by atoms with Crippen LogP contribution < -0.4 is 5.32 Å². The van der Waals surface area contributed by atoms with Crippen LogP contribution in [-0.4, -0.2) is 44.1 Å². The maximum absolute atomic E-state index is 13.7. The Bertz CT molecular complexity index is 1560. The third-order valence-corrected chi connectivity index (χ3v) is 7.05. The summed E-state index contributed by atoms with van der Waals surface area (Å²) in [5, 5.41) is 8.65. The van der Waals surface area contributed by atoms with Crippen molar-refractivity contribution < 1.29 is 4.79 Å². The Morgan fingerprint density at radius 1 is 1.02 bits per heavy atom. The van der Waals surface area contributed by atoms with Crippen molar-refractivity contribution in [1.29, 1.82) is 0 Å². The maximum atomic E-state index is 13.7. The van der Waals surface area contributed by atoms with Crippen LogP contribution in [0, 0.1) is 0 Å². The number of unbranched alkanes of at least 4 members (excludes halogenated alkanes) is 1. The SMILES string of the molecule is CCCCN(C)Cc1cccc(-c2cc(C(=O)N[C@@H](C)c3ccccc3)c3cn(Cc4ccccn4)nc3n2)c1. The van der Waals surface area contributed by atoms with Crippen molar-refractivity contribution in [2.24, 2.45) is 0 Å². The zero-order chi connectivity index (χ0) is 27.9. The fraction of sp³-hybridized carbons (Fsp3) is 0.273. The van der Waals surface area contributed by atoms with Crippen molar-refractivity contribution >= 4 is 16.9 Å². The zero-order valence-electron chi connectivity index (χ0n) is 23.4. The molecule has 0 spiro atoms. The average Bonchev–Trinajstić information content (AvgIpc) is 3.38. The van der Waals surface area contributed by atoms with Gasteiger partial charge in [-0.15, -0.1) is 0 Å². The molecule has 204 valence electrons. The van der Waals surface area contributed by atoms with E-state index in [1.807, 2.05) is 73.8 Å². The lowest BCUT2D eigenvalue weighted by atomic mass is 10.0. The Balaban J connectivity index is 1.50. The number of hydrogen-bond acceptors (Lipinski definition) is 5. The van der Waals surface area contributed by atoms with Crippen molar-refractivity contribution in [2.45, 2.75) is 45.8 Å². The fourth-order valence-electron chi connectivity index (χ4n) is 4.87. The summed E-state index contributed by atoms with van der Waals surface area (Å²) < 4.78 is 1.81. The summed E-state index contributed by atoms with van der Waals surface area (Å²) in [5.74, 6) is -0.155. The van der Waals surface area contributed by atoms with Crippen LogP contribution in [0.2, 0.25) is 0 Å². The summed E-state index contributed by atoms with van der Waals surface area (Å²) >= 11 is 0. The molecule has 1 amide bonds. The molecule has 0 unspecified atom stereocenters. The molecule has 3 aromatic heterocycles. The number of fused-ring (bicyclic) bond motifs is 1. The monoisotopic (exact) mass is 532 g/mol. The Labute approximate surface area is 235 Å². The van der Waals surface area contributed by atoms with Gasteiger partial charge in [0.2, 0.25) is 0 Å². The second kappa shape index (κ2) is 12.7. The lowest BCUT2D eigenvalue weighted by Gasteiger charge is -2.17. The molecule has 0 saturated carbocycles. The highest BCUT2D eigenvalue weighted by Gasteiger charge is 2.19.